The molecule has 1 atom stereocenters. The molecule has 0 aromatic rings. The second kappa shape index (κ2) is 2.85. The number of carbonyl (C=O) groups is 1. The van der Waals surface area contributed by atoms with Gasteiger partial charge in [0.2, 0.25) is 0 Å². The maximum atomic E-state index is 11.4. The number of urea groups is 1. The molecule has 6 heteroatoms. The van der Waals surface area contributed by atoms with Gasteiger partial charge in [-0.25, -0.2) is 13.2 Å². The van der Waals surface area contributed by atoms with Crippen LogP contribution in [0.2, 0.25) is 0 Å². The van der Waals surface area contributed by atoms with Crippen LogP contribution in [-0.4, -0.2) is 49.5 Å². The van der Waals surface area contributed by atoms with Gasteiger partial charge in [-0.15, -0.1) is 0 Å². The SMILES string of the molecule is C[C@@]1(NC(=O)N2CC2)CCS(=O)(=O)C1. The standard InChI is InChI=1S/C8H14N2O3S/c1-8(2-5-14(12,13)6-8)9-7(11)10-3-4-10/h2-6H2,1H3,(H,9,11)/t8-/m1/s1. The fraction of sp³-hybridized carbons (Fsp3) is 0.875. The predicted octanol–water partition coefficient (Wildman–Crippen LogP) is -0.411. The van der Waals surface area contributed by atoms with Crippen molar-refractivity contribution in [2.24, 2.45) is 0 Å². The molecule has 2 fully saturated rings. The predicted molar refractivity (Wildman–Crippen MR) is 51.8 cm³/mol. The second-order valence-corrected chi connectivity index (χ2v) is 6.50. The van der Waals surface area contributed by atoms with Crippen LogP contribution in [0.5, 0.6) is 0 Å². The molecule has 0 aliphatic carbocycles. The van der Waals surface area contributed by atoms with Crippen molar-refractivity contribution in [1.82, 2.24) is 10.2 Å². The summed E-state index contributed by atoms with van der Waals surface area (Å²) < 4.78 is 22.5. The molecule has 0 saturated carbocycles. The third-order valence-corrected chi connectivity index (χ3v) is 4.55. The first-order valence-electron chi connectivity index (χ1n) is 4.68. The Kier molecular flexibility index (Phi) is 1.99. The molecule has 1 N–H and O–H groups in total. The molecule has 0 bridgehead atoms. The first kappa shape index (κ1) is 9.76. The van der Waals surface area contributed by atoms with E-state index in [1.54, 1.807) is 11.8 Å². The fourth-order valence-electron chi connectivity index (χ4n) is 1.70. The summed E-state index contributed by atoms with van der Waals surface area (Å²) in [4.78, 5) is 13.0. The Morgan fingerprint density at radius 3 is 2.50 bits per heavy atom. The van der Waals surface area contributed by atoms with E-state index in [4.69, 9.17) is 0 Å². The maximum Gasteiger partial charge on any atom is 0.317 e. The van der Waals surface area contributed by atoms with Gasteiger partial charge < -0.3 is 10.2 Å². The zero-order chi connectivity index (χ0) is 10.4. The van der Waals surface area contributed by atoms with Gasteiger partial charge in [-0.05, 0) is 13.3 Å². The van der Waals surface area contributed by atoms with Gasteiger partial charge in [0.1, 0.15) is 0 Å². The van der Waals surface area contributed by atoms with Crippen molar-refractivity contribution in [1.29, 1.82) is 0 Å². The summed E-state index contributed by atoms with van der Waals surface area (Å²) in [7, 11) is -2.94. The molecule has 5 nitrogen and oxygen atoms in total. The van der Waals surface area contributed by atoms with Gasteiger partial charge in [0.15, 0.2) is 9.84 Å². The molecule has 0 unspecified atom stereocenters. The Morgan fingerprint density at radius 2 is 2.07 bits per heavy atom. The lowest BCUT2D eigenvalue weighted by Crippen LogP contribution is -2.48. The molecular weight excluding hydrogens is 204 g/mol. The lowest BCUT2D eigenvalue weighted by Gasteiger charge is -2.23. The smallest absolute Gasteiger partial charge is 0.317 e. The highest BCUT2D eigenvalue weighted by Gasteiger charge is 2.41. The number of carbonyl (C=O) groups excluding carboxylic acids is 1. The number of amides is 2. The Hall–Kier alpha value is -0.780. The Morgan fingerprint density at radius 1 is 1.43 bits per heavy atom. The molecule has 0 radical (unpaired) electrons. The molecule has 2 aliphatic heterocycles. The van der Waals surface area contributed by atoms with Crippen molar-refractivity contribution in [3.05, 3.63) is 0 Å². The highest BCUT2D eigenvalue weighted by molar-refractivity contribution is 7.91. The van der Waals surface area contributed by atoms with Gasteiger partial charge in [-0.1, -0.05) is 0 Å². The van der Waals surface area contributed by atoms with Crippen LogP contribution in [0.1, 0.15) is 13.3 Å². The fourth-order valence-corrected chi connectivity index (χ4v) is 3.79. The van der Waals surface area contributed by atoms with Crippen molar-refractivity contribution >= 4 is 15.9 Å². The average molecular weight is 218 g/mol. The Labute approximate surface area is 83.4 Å². The van der Waals surface area contributed by atoms with Gasteiger partial charge in [0.25, 0.3) is 0 Å². The lowest BCUT2D eigenvalue weighted by molar-refractivity contribution is 0.218. The first-order chi connectivity index (χ1) is 6.40. The van der Waals surface area contributed by atoms with E-state index in [0.29, 0.717) is 6.42 Å². The minimum Gasteiger partial charge on any atom is -0.332 e. The van der Waals surface area contributed by atoms with E-state index in [1.165, 1.54) is 0 Å². The van der Waals surface area contributed by atoms with E-state index in [1.807, 2.05) is 0 Å². The minimum absolute atomic E-state index is 0.0690. The summed E-state index contributed by atoms with van der Waals surface area (Å²) in [6, 6.07) is -0.135. The summed E-state index contributed by atoms with van der Waals surface area (Å²) in [5.74, 6) is 0.253. The monoisotopic (exact) mass is 218 g/mol. The zero-order valence-corrected chi connectivity index (χ0v) is 8.93. The molecule has 80 valence electrons. The van der Waals surface area contributed by atoms with Crippen LogP contribution in [0.3, 0.4) is 0 Å². The third-order valence-electron chi connectivity index (χ3n) is 2.65. The molecule has 0 spiro atoms. The summed E-state index contributed by atoms with van der Waals surface area (Å²) in [5, 5.41) is 2.78. The summed E-state index contributed by atoms with van der Waals surface area (Å²) in [6.07, 6.45) is 0.523. The van der Waals surface area contributed by atoms with Crippen LogP contribution in [0.4, 0.5) is 4.79 Å². The van der Waals surface area contributed by atoms with Crippen LogP contribution in [0.25, 0.3) is 0 Å². The Bertz CT molecular complexity index is 361. The second-order valence-electron chi connectivity index (χ2n) is 4.32. The van der Waals surface area contributed by atoms with E-state index < -0.39 is 15.4 Å². The van der Waals surface area contributed by atoms with Crippen LogP contribution in [0, 0.1) is 0 Å². The highest BCUT2D eigenvalue weighted by atomic mass is 32.2. The number of rotatable bonds is 1. The molecule has 0 aromatic carbocycles. The number of sulfone groups is 1. The minimum atomic E-state index is -2.94. The highest BCUT2D eigenvalue weighted by Crippen LogP contribution is 2.23. The zero-order valence-electron chi connectivity index (χ0n) is 8.12. The van der Waals surface area contributed by atoms with Gasteiger partial charge in [0.05, 0.1) is 17.0 Å². The Balaban J connectivity index is 2.00. The molecule has 2 rings (SSSR count). The van der Waals surface area contributed by atoms with Gasteiger partial charge >= 0.3 is 6.03 Å². The summed E-state index contributed by atoms with van der Waals surface area (Å²) in [6.45, 7) is 3.36. The molecular formula is C8H14N2O3S. The quantitative estimate of drug-likeness (QED) is 0.608. The van der Waals surface area contributed by atoms with E-state index >= 15 is 0 Å². The van der Waals surface area contributed by atoms with Crippen LogP contribution >= 0.6 is 0 Å². The number of nitrogens with zero attached hydrogens (tertiary/aromatic N) is 1. The normalized spacial score (nSPS) is 34.2. The lowest BCUT2D eigenvalue weighted by atomic mass is 10.0. The molecule has 2 saturated heterocycles. The van der Waals surface area contributed by atoms with E-state index in [2.05, 4.69) is 5.32 Å². The molecule has 2 heterocycles. The van der Waals surface area contributed by atoms with E-state index in [0.717, 1.165) is 13.1 Å². The maximum absolute atomic E-state index is 11.4. The number of hydrogen-bond acceptors (Lipinski definition) is 3. The van der Waals surface area contributed by atoms with Crippen molar-refractivity contribution in [3.63, 3.8) is 0 Å². The van der Waals surface area contributed by atoms with Crippen molar-refractivity contribution in [3.8, 4) is 0 Å². The van der Waals surface area contributed by atoms with Crippen molar-refractivity contribution in [2.75, 3.05) is 24.6 Å². The summed E-state index contributed by atoms with van der Waals surface area (Å²) >= 11 is 0. The molecule has 2 aliphatic rings. The van der Waals surface area contributed by atoms with Crippen LogP contribution in [-0.2, 0) is 9.84 Å². The molecule has 2 amide bonds. The van der Waals surface area contributed by atoms with Crippen molar-refractivity contribution < 1.29 is 13.2 Å². The molecule has 14 heavy (non-hydrogen) atoms. The van der Waals surface area contributed by atoms with Gasteiger partial charge in [0, 0.05) is 13.1 Å². The third kappa shape index (κ3) is 2.00. The first-order valence-corrected chi connectivity index (χ1v) is 6.50. The van der Waals surface area contributed by atoms with E-state index in [9.17, 15) is 13.2 Å². The van der Waals surface area contributed by atoms with Crippen LogP contribution < -0.4 is 5.32 Å². The summed E-state index contributed by atoms with van der Waals surface area (Å²) in [5.41, 5.74) is -0.557. The number of nitrogens with one attached hydrogen (secondary N) is 1. The van der Waals surface area contributed by atoms with Crippen LogP contribution in [0.15, 0.2) is 0 Å². The van der Waals surface area contributed by atoms with E-state index in [-0.39, 0.29) is 17.5 Å². The number of hydrogen-bond donors (Lipinski definition) is 1. The van der Waals surface area contributed by atoms with Gasteiger partial charge in [-0.3, -0.25) is 0 Å². The van der Waals surface area contributed by atoms with Gasteiger partial charge in [-0.2, -0.15) is 0 Å². The average Bonchev–Trinajstić information content (AvgIpc) is 2.79. The topological polar surface area (TPSA) is 66.2 Å². The van der Waals surface area contributed by atoms with Crippen molar-refractivity contribution in [2.45, 2.75) is 18.9 Å². The molecule has 0 aromatic heterocycles. The largest absolute Gasteiger partial charge is 0.332 e.